The average molecular weight is 296 g/mol. The predicted molar refractivity (Wildman–Crippen MR) is 79.5 cm³/mol. The monoisotopic (exact) mass is 296 g/mol. The molecule has 1 fully saturated rings. The van der Waals surface area contributed by atoms with Crippen molar-refractivity contribution >= 4 is 22.6 Å². The van der Waals surface area contributed by atoms with Crippen LogP contribution >= 0.6 is 0 Å². The second-order valence-corrected chi connectivity index (χ2v) is 7.53. The molecule has 2 rings (SSSR count). The molecule has 1 saturated heterocycles. The van der Waals surface area contributed by atoms with Gasteiger partial charge in [0.15, 0.2) is 0 Å². The van der Waals surface area contributed by atoms with Crippen molar-refractivity contribution in [2.45, 2.75) is 25.5 Å². The summed E-state index contributed by atoms with van der Waals surface area (Å²) in [7, 11) is -0.851. The van der Waals surface area contributed by atoms with Gasteiger partial charge in [0.1, 0.15) is 11.4 Å². The molecule has 0 aromatic carbocycles. The molecule has 0 bridgehead atoms. The van der Waals surface area contributed by atoms with E-state index in [9.17, 15) is 9.00 Å². The van der Waals surface area contributed by atoms with Gasteiger partial charge in [0, 0.05) is 35.8 Å². The second kappa shape index (κ2) is 5.91. The summed E-state index contributed by atoms with van der Waals surface area (Å²) in [5.41, 5.74) is 0.470. The van der Waals surface area contributed by atoms with Gasteiger partial charge in [-0.2, -0.15) is 0 Å². The minimum absolute atomic E-state index is 0.304. The van der Waals surface area contributed by atoms with Crippen LogP contribution in [0.3, 0.4) is 0 Å². The quantitative estimate of drug-likeness (QED) is 0.793. The molecular formula is C14H20N2O3S. The first kappa shape index (κ1) is 15.0. The summed E-state index contributed by atoms with van der Waals surface area (Å²) in [6.45, 7) is 7.32. The average Bonchev–Trinajstić information content (AvgIpc) is 2.42. The second-order valence-electron chi connectivity index (χ2n) is 5.33. The number of carbonyl (C=O) groups is 1. The number of carbonyl (C=O) groups excluding carboxylic acids is 1. The zero-order chi connectivity index (χ0) is 14.8. The maximum Gasteiger partial charge on any atom is 0.341 e. The molecule has 2 heterocycles. The number of nitrogens with zero attached hydrogens (tertiary/aromatic N) is 2. The van der Waals surface area contributed by atoms with Crippen LogP contribution < -0.4 is 4.90 Å². The Labute approximate surface area is 121 Å². The first-order valence-electron chi connectivity index (χ1n) is 6.71. The molecule has 1 aliphatic rings. The van der Waals surface area contributed by atoms with Crippen LogP contribution in [-0.2, 0) is 15.5 Å². The Kier molecular flexibility index (Phi) is 4.42. The number of esters is 1. The summed E-state index contributed by atoms with van der Waals surface area (Å²) >= 11 is 0. The van der Waals surface area contributed by atoms with Crippen LogP contribution in [0.5, 0.6) is 0 Å². The van der Waals surface area contributed by atoms with Crippen molar-refractivity contribution in [3.05, 3.63) is 23.9 Å². The van der Waals surface area contributed by atoms with Crippen molar-refractivity contribution in [3.63, 3.8) is 0 Å². The summed E-state index contributed by atoms with van der Waals surface area (Å²) in [5.74, 6) is 0.849. The van der Waals surface area contributed by atoms with Crippen LogP contribution in [0.1, 0.15) is 31.1 Å². The van der Waals surface area contributed by atoms with Gasteiger partial charge in [-0.3, -0.25) is 4.21 Å². The van der Waals surface area contributed by atoms with Crippen molar-refractivity contribution in [1.82, 2.24) is 4.98 Å². The van der Waals surface area contributed by atoms with E-state index >= 15 is 0 Å². The SMILES string of the molecule is CCOC(=O)c1cccnc1N1CCS(=O)C(C)(C)C1. The Morgan fingerprint density at radius 1 is 1.55 bits per heavy atom. The molecule has 1 aromatic heterocycles. The third-order valence-electron chi connectivity index (χ3n) is 3.32. The van der Waals surface area contributed by atoms with E-state index in [0.29, 0.717) is 36.8 Å². The molecule has 0 amide bonds. The lowest BCUT2D eigenvalue weighted by Crippen LogP contribution is -2.50. The van der Waals surface area contributed by atoms with Crippen molar-refractivity contribution in [2.24, 2.45) is 0 Å². The third kappa shape index (κ3) is 3.00. The van der Waals surface area contributed by atoms with Gasteiger partial charge in [-0.15, -0.1) is 0 Å². The Morgan fingerprint density at radius 3 is 2.95 bits per heavy atom. The molecule has 0 saturated carbocycles. The predicted octanol–water partition coefficient (Wildman–Crippen LogP) is 1.61. The Bertz CT molecular complexity index is 531. The normalized spacial score (nSPS) is 21.6. The highest BCUT2D eigenvalue weighted by molar-refractivity contribution is 7.86. The van der Waals surface area contributed by atoms with E-state index in [1.165, 1.54) is 0 Å². The molecule has 0 N–H and O–H groups in total. The third-order valence-corrected chi connectivity index (χ3v) is 5.23. The molecule has 6 heteroatoms. The summed E-state index contributed by atoms with van der Waals surface area (Å²) in [6, 6.07) is 3.45. The first-order valence-corrected chi connectivity index (χ1v) is 8.03. The number of pyridine rings is 1. The molecule has 1 unspecified atom stereocenters. The van der Waals surface area contributed by atoms with Crippen molar-refractivity contribution in [1.29, 1.82) is 0 Å². The highest BCUT2D eigenvalue weighted by Gasteiger charge is 2.35. The van der Waals surface area contributed by atoms with E-state index in [1.807, 2.05) is 18.7 Å². The van der Waals surface area contributed by atoms with Crippen molar-refractivity contribution in [2.75, 3.05) is 30.3 Å². The number of hydrogen-bond donors (Lipinski definition) is 0. The zero-order valence-corrected chi connectivity index (χ0v) is 12.9. The van der Waals surface area contributed by atoms with Crippen LogP contribution in [0.15, 0.2) is 18.3 Å². The molecule has 110 valence electrons. The highest BCUT2D eigenvalue weighted by atomic mass is 32.2. The van der Waals surface area contributed by atoms with Crippen LogP contribution in [0.2, 0.25) is 0 Å². The topological polar surface area (TPSA) is 59.5 Å². The lowest BCUT2D eigenvalue weighted by Gasteiger charge is -2.38. The van der Waals surface area contributed by atoms with Gasteiger partial charge < -0.3 is 9.64 Å². The lowest BCUT2D eigenvalue weighted by molar-refractivity contribution is 0.0526. The molecule has 1 aromatic rings. The molecular weight excluding hydrogens is 276 g/mol. The molecule has 0 spiro atoms. The van der Waals surface area contributed by atoms with Crippen molar-refractivity contribution in [3.8, 4) is 0 Å². The van der Waals surface area contributed by atoms with Gasteiger partial charge in [-0.1, -0.05) is 0 Å². The standard InChI is InChI=1S/C14H20N2O3S/c1-4-19-13(17)11-6-5-7-15-12(11)16-8-9-20(18)14(2,3)10-16/h5-7H,4,8-10H2,1-3H3. The number of aromatic nitrogens is 1. The molecule has 20 heavy (non-hydrogen) atoms. The largest absolute Gasteiger partial charge is 0.462 e. The first-order chi connectivity index (χ1) is 9.45. The summed E-state index contributed by atoms with van der Waals surface area (Å²) in [5, 5.41) is 0. The fraction of sp³-hybridized carbons (Fsp3) is 0.571. The summed E-state index contributed by atoms with van der Waals surface area (Å²) < 4.78 is 16.7. The van der Waals surface area contributed by atoms with Crippen molar-refractivity contribution < 1.29 is 13.7 Å². The fourth-order valence-corrected chi connectivity index (χ4v) is 3.52. The number of ether oxygens (including phenoxy) is 1. The highest BCUT2D eigenvalue weighted by Crippen LogP contribution is 2.26. The van der Waals surface area contributed by atoms with Gasteiger partial charge in [0.25, 0.3) is 0 Å². The summed E-state index contributed by atoms with van der Waals surface area (Å²) in [4.78, 5) is 18.3. The van der Waals surface area contributed by atoms with Crippen LogP contribution in [0, 0.1) is 0 Å². The van der Waals surface area contributed by atoms with Gasteiger partial charge in [-0.05, 0) is 32.9 Å². The Balaban J connectivity index is 2.29. The fourth-order valence-electron chi connectivity index (χ4n) is 2.28. The van der Waals surface area contributed by atoms with Gasteiger partial charge in [-0.25, -0.2) is 9.78 Å². The maximum absolute atomic E-state index is 12.0. The van der Waals surface area contributed by atoms with Gasteiger partial charge in [0.05, 0.1) is 11.4 Å². The van der Waals surface area contributed by atoms with Gasteiger partial charge >= 0.3 is 5.97 Å². The van der Waals surface area contributed by atoms with E-state index < -0.39 is 10.8 Å². The number of anilines is 1. The maximum atomic E-state index is 12.0. The number of rotatable bonds is 3. The van der Waals surface area contributed by atoms with Crippen LogP contribution in [0.4, 0.5) is 5.82 Å². The van der Waals surface area contributed by atoms with Gasteiger partial charge in [0.2, 0.25) is 0 Å². The van der Waals surface area contributed by atoms with E-state index in [0.717, 1.165) is 0 Å². The molecule has 5 nitrogen and oxygen atoms in total. The Hall–Kier alpha value is -1.43. The van der Waals surface area contributed by atoms with E-state index in [2.05, 4.69) is 4.98 Å². The molecule has 0 radical (unpaired) electrons. The minimum Gasteiger partial charge on any atom is -0.462 e. The van der Waals surface area contributed by atoms with E-state index in [-0.39, 0.29) is 10.7 Å². The van der Waals surface area contributed by atoms with Crippen LogP contribution in [-0.4, -0.2) is 45.4 Å². The van der Waals surface area contributed by atoms with E-state index in [1.54, 1.807) is 25.3 Å². The zero-order valence-electron chi connectivity index (χ0n) is 12.1. The summed E-state index contributed by atoms with van der Waals surface area (Å²) in [6.07, 6.45) is 1.66. The number of hydrogen-bond acceptors (Lipinski definition) is 5. The smallest absolute Gasteiger partial charge is 0.341 e. The minimum atomic E-state index is -0.851. The molecule has 1 aliphatic heterocycles. The van der Waals surface area contributed by atoms with E-state index in [4.69, 9.17) is 4.74 Å². The Morgan fingerprint density at radius 2 is 2.30 bits per heavy atom. The van der Waals surface area contributed by atoms with Crippen LogP contribution in [0.25, 0.3) is 0 Å². The molecule has 0 aliphatic carbocycles. The lowest BCUT2D eigenvalue weighted by atomic mass is 10.1. The molecule has 1 atom stereocenters.